The zero-order chi connectivity index (χ0) is 32.6. The quantitative estimate of drug-likeness (QED) is 0.124. The Morgan fingerprint density at radius 2 is 1.70 bits per heavy atom. The van der Waals surface area contributed by atoms with E-state index in [2.05, 4.69) is 27.8 Å². The number of hydrogen-bond acceptors (Lipinski definition) is 7. The van der Waals surface area contributed by atoms with Crippen LogP contribution in [0.15, 0.2) is 12.7 Å². The van der Waals surface area contributed by atoms with Crippen LogP contribution in [0.4, 0.5) is 4.79 Å². The van der Waals surface area contributed by atoms with Crippen LogP contribution in [0.1, 0.15) is 86.0 Å². The Labute approximate surface area is 260 Å². The predicted octanol–water partition coefficient (Wildman–Crippen LogP) is 2.22. The van der Waals surface area contributed by atoms with Crippen LogP contribution in [0, 0.1) is 23.2 Å². The largest absolute Gasteiger partial charge is 0.464 e. The van der Waals surface area contributed by atoms with E-state index in [1.165, 1.54) is 11.0 Å². The van der Waals surface area contributed by atoms with E-state index >= 15 is 0 Å². The van der Waals surface area contributed by atoms with Gasteiger partial charge < -0.3 is 30.9 Å². The molecule has 2 aliphatic carbocycles. The molecule has 44 heavy (non-hydrogen) atoms. The minimum atomic E-state index is -1.03. The maximum Gasteiger partial charge on any atom is 0.328 e. The summed E-state index contributed by atoms with van der Waals surface area (Å²) in [5, 5.41) is 10.7. The molecule has 0 spiro atoms. The van der Waals surface area contributed by atoms with Crippen LogP contribution in [0.2, 0.25) is 0 Å². The van der Waals surface area contributed by atoms with Gasteiger partial charge in [0.15, 0.2) is 0 Å². The molecule has 3 aliphatic rings. The second-order valence-electron chi connectivity index (χ2n) is 13.7. The molecule has 2 saturated carbocycles. The van der Waals surface area contributed by atoms with Gasteiger partial charge in [0.25, 0.3) is 5.91 Å². The number of nitrogens with zero attached hydrogens (tertiary/aromatic N) is 1. The maximum atomic E-state index is 14.0. The summed E-state index contributed by atoms with van der Waals surface area (Å²) in [4.78, 5) is 80.2. The second kappa shape index (κ2) is 15.5. The second-order valence-corrected chi connectivity index (χ2v) is 13.7. The predicted molar refractivity (Wildman–Crippen MR) is 164 cm³/mol. The van der Waals surface area contributed by atoms with Crippen molar-refractivity contribution in [3.8, 4) is 0 Å². The van der Waals surface area contributed by atoms with Crippen molar-refractivity contribution in [2.24, 2.45) is 23.2 Å². The molecular weight excluding hydrogens is 566 g/mol. The molecule has 5 atom stereocenters. The lowest BCUT2D eigenvalue weighted by Gasteiger charge is -2.37. The average molecular weight is 618 g/mol. The molecule has 1 saturated heterocycles. The number of esters is 1. The molecule has 0 aromatic heterocycles. The topological polar surface area (TPSA) is 163 Å². The molecule has 0 bridgehead atoms. The standard InChI is InChI=1S/C32H51N5O7/c1-7-10-22(25(38)28(40)33-15-8-2)34-27(39)23-16-19(3)17-37(23)29(41)26(32(4,5)6)36-31(43)35-24(21-11-9-12-21)30(42)44-18-20-13-14-20/h8,19-24,26H,2,7,9-18H2,1,3-6H3,(H,33,40)(H,34,39)(H2,35,36,43)/t19-,22?,23+,24+,26-/m1/s1. The van der Waals surface area contributed by atoms with E-state index in [-0.39, 0.29) is 31.3 Å². The molecule has 1 unspecified atom stereocenters. The smallest absolute Gasteiger partial charge is 0.328 e. The van der Waals surface area contributed by atoms with Crippen molar-refractivity contribution in [3.63, 3.8) is 0 Å². The van der Waals surface area contributed by atoms with Crippen molar-refractivity contribution in [2.75, 3.05) is 19.7 Å². The van der Waals surface area contributed by atoms with E-state index in [0.29, 0.717) is 25.4 Å². The van der Waals surface area contributed by atoms with Crippen LogP contribution in [0.25, 0.3) is 0 Å². The van der Waals surface area contributed by atoms with Gasteiger partial charge in [-0.25, -0.2) is 9.59 Å². The van der Waals surface area contributed by atoms with Gasteiger partial charge in [-0.1, -0.05) is 53.5 Å². The van der Waals surface area contributed by atoms with Gasteiger partial charge >= 0.3 is 12.0 Å². The number of carbonyl (C=O) groups is 6. The van der Waals surface area contributed by atoms with Crippen LogP contribution in [-0.4, -0.2) is 84.3 Å². The summed E-state index contributed by atoms with van der Waals surface area (Å²) in [5.41, 5.74) is -0.732. The van der Waals surface area contributed by atoms with Crippen LogP contribution >= 0.6 is 0 Å². The van der Waals surface area contributed by atoms with Crippen molar-refractivity contribution in [2.45, 2.75) is 110 Å². The van der Waals surface area contributed by atoms with Gasteiger partial charge in [0.2, 0.25) is 17.6 Å². The molecule has 3 rings (SSSR count). The highest BCUT2D eigenvalue weighted by atomic mass is 16.5. The van der Waals surface area contributed by atoms with Crippen molar-refractivity contribution >= 4 is 35.5 Å². The van der Waals surface area contributed by atoms with Gasteiger partial charge in [0.05, 0.1) is 12.6 Å². The summed E-state index contributed by atoms with van der Waals surface area (Å²) in [6.07, 6.45) is 7.32. The molecule has 0 aromatic rings. The lowest BCUT2D eigenvalue weighted by Crippen LogP contribution is -2.61. The van der Waals surface area contributed by atoms with Gasteiger partial charge in [-0.2, -0.15) is 0 Å². The first-order valence-corrected chi connectivity index (χ1v) is 16.0. The third-order valence-corrected chi connectivity index (χ3v) is 8.65. The minimum Gasteiger partial charge on any atom is -0.464 e. The Hall–Kier alpha value is -3.44. The maximum absolute atomic E-state index is 14.0. The van der Waals surface area contributed by atoms with E-state index in [0.717, 1.165) is 32.1 Å². The molecule has 3 fully saturated rings. The van der Waals surface area contributed by atoms with Crippen LogP contribution < -0.4 is 21.3 Å². The highest BCUT2D eigenvalue weighted by Crippen LogP contribution is 2.33. The summed E-state index contributed by atoms with van der Waals surface area (Å²) in [7, 11) is 0. The van der Waals surface area contributed by atoms with Crippen LogP contribution in [0.3, 0.4) is 0 Å². The zero-order valence-electron chi connectivity index (χ0n) is 26.9. The number of urea groups is 1. The third-order valence-electron chi connectivity index (χ3n) is 8.65. The number of ether oxygens (including phenoxy) is 1. The normalized spacial score (nSPS) is 22.1. The van der Waals surface area contributed by atoms with Gasteiger partial charge in [0.1, 0.15) is 18.1 Å². The fourth-order valence-corrected chi connectivity index (χ4v) is 5.62. The number of ketones is 1. The molecule has 5 amide bonds. The molecule has 0 aromatic carbocycles. The summed E-state index contributed by atoms with van der Waals surface area (Å²) in [6.45, 7) is 13.5. The first kappa shape index (κ1) is 35.0. The van der Waals surface area contributed by atoms with Crippen molar-refractivity contribution in [3.05, 3.63) is 12.7 Å². The zero-order valence-corrected chi connectivity index (χ0v) is 26.9. The Bertz CT molecular complexity index is 1100. The molecular formula is C32H51N5O7. The fraction of sp³-hybridized carbons (Fsp3) is 0.750. The number of Topliss-reactive ketones (excluding diaryl/α,β-unsaturated/α-hetero) is 1. The van der Waals surface area contributed by atoms with Crippen LogP contribution in [0.5, 0.6) is 0 Å². The molecule has 246 valence electrons. The van der Waals surface area contributed by atoms with Crippen molar-refractivity contribution in [1.29, 1.82) is 0 Å². The number of carbonyl (C=O) groups excluding carboxylic acids is 6. The Kier molecular flexibility index (Phi) is 12.4. The Morgan fingerprint density at radius 1 is 1.02 bits per heavy atom. The van der Waals surface area contributed by atoms with Crippen LogP contribution in [-0.2, 0) is 28.7 Å². The summed E-state index contributed by atoms with van der Waals surface area (Å²) < 4.78 is 5.48. The van der Waals surface area contributed by atoms with Gasteiger partial charge in [0, 0.05) is 13.1 Å². The number of hydrogen-bond donors (Lipinski definition) is 4. The SMILES string of the molecule is C=CCNC(=O)C(=O)C(CCC)NC(=O)[C@@H]1C[C@@H](C)CN1C(=O)[C@@H](NC(=O)N[C@H](C(=O)OCC1CC1)C1CCC1)C(C)(C)C. The van der Waals surface area contributed by atoms with E-state index in [4.69, 9.17) is 4.74 Å². The molecule has 4 N–H and O–H groups in total. The lowest BCUT2D eigenvalue weighted by molar-refractivity contribution is -0.148. The van der Waals surface area contributed by atoms with Gasteiger partial charge in [-0.15, -0.1) is 6.58 Å². The van der Waals surface area contributed by atoms with E-state index in [9.17, 15) is 28.8 Å². The van der Waals surface area contributed by atoms with Crippen molar-refractivity contribution < 1.29 is 33.5 Å². The van der Waals surface area contributed by atoms with E-state index < -0.39 is 65.1 Å². The Balaban J connectivity index is 1.71. The monoisotopic (exact) mass is 617 g/mol. The third kappa shape index (κ3) is 9.53. The van der Waals surface area contributed by atoms with E-state index in [1.54, 1.807) is 0 Å². The minimum absolute atomic E-state index is 0.00963. The highest BCUT2D eigenvalue weighted by molar-refractivity contribution is 6.38. The van der Waals surface area contributed by atoms with E-state index in [1.807, 2.05) is 34.6 Å². The average Bonchev–Trinajstić information content (AvgIpc) is 3.68. The molecule has 1 heterocycles. The van der Waals surface area contributed by atoms with Gasteiger partial charge in [-0.05, 0) is 61.7 Å². The Morgan fingerprint density at radius 3 is 2.25 bits per heavy atom. The summed E-state index contributed by atoms with van der Waals surface area (Å²) in [6, 6.07) is -4.36. The van der Waals surface area contributed by atoms with Crippen molar-refractivity contribution in [1.82, 2.24) is 26.2 Å². The van der Waals surface area contributed by atoms with Gasteiger partial charge in [-0.3, -0.25) is 19.2 Å². The number of likely N-dealkylation sites (tertiary alicyclic amines) is 1. The number of rotatable bonds is 15. The summed E-state index contributed by atoms with van der Waals surface area (Å²) >= 11 is 0. The highest BCUT2D eigenvalue weighted by Gasteiger charge is 2.45. The molecule has 12 nitrogen and oxygen atoms in total. The number of nitrogens with one attached hydrogen (secondary N) is 4. The lowest BCUT2D eigenvalue weighted by atomic mass is 9.79. The molecule has 1 aliphatic heterocycles. The fourth-order valence-electron chi connectivity index (χ4n) is 5.62. The molecule has 12 heteroatoms. The first-order chi connectivity index (χ1) is 20.8. The molecule has 0 radical (unpaired) electrons. The summed E-state index contributed by atoms with van der Waals surface area (Å²) in [5.74, 6) is -2.59. The first-order valence-electron chi connectivity index (χ1n) is 16.0. The number of amides is 5.